The van der Waals surface area contributed by atoms with Gasteiger partial charge in [-0.15, -0.1) is 0 Å². The number of ether oxygens (including phenoxy) is 2. The Morgan fingerprint density at radius 2 is 2.32 bits per heavy atom. The first-order valence-corrected chi connectivity index (χ1v) is 6.70. The van der Waals surface area contributed by atoms with Crippen LogP contribution in [0.4, 0.5) is 0 Å². The van der Waals surface area contributed by atoms with Crippen molar-refractivity contribution in [3.63, 3.8) is 0 Å². The quantitative estimate of drug-likeness (QED) is 0.753. The smallest absolute Gasteiger partial charge is 0.251 e. The van der Waals surface area contributed by atoms with Crippen LogP contribution in [0.2, 0.25) is 0 Å². The van der Waals surface area contributed by atoms with Gasteiger partial charge >= 0.3 is 0 Å². The lowest BCUT2D eigenvalue weighted by atomic mass is 10.1. The van der Waals surface area contributed by atoms with E-state index in [1.165, 1.54) is 0 Å². The first kappa shape index (κ1) is 14.0. The Kier molecular flexibility index (Phi) is 5.78. The van der Waals surface area contributed by atoms with Crippen LogP contribution in [0.15, 0.2) is 24.5 Å². The topological polar surface area (TPSA) is 60.5 Å². The van der Waals surface area contributed by atoms with E-state index in [0.29, 0.717) is 24.6 Å². The number of amides is 1. The Bertz CT molecular complexity index is 378. The average molecular weight is 264 g/mol. The zero-order chi connectivity index (χ0) is 13.3. The molecule has 0 unspecified atom stereocenters. The molecule has 2 heterocycles. The Balaban J connectivity index is 1.51. The second-order valence-corrected chi connectivity index (χ2v) is 4.65. The van der Waals surface area contributed by atoms with Crippen molar-refractivity contribution in [3.05, 3.63) is 30.1 Å². The highest BCUT2D eigenvalue weighted by Crippen LogP contribution is 2.12. The summed E-state index contributed by atoms with van der Waals surface area (Å²) in [6.45, 7) is 3.74. The van der Waals surface area contributed by atoms with Gasteiger partial charge in [0.05, 0.1) is 13.2 Å². The van der Waals surface area contributed by atoms with E-state index in [1.807, 2.05) is 0 Å². The predicted octanol–water partition coefficient (Wildman–Crippen LogP) is 1.25. The summed E-state index contributed by atoms with van der Waals surface area (Å²) in [6.07, 6.45) is 5.15. The van der Waals surface area contributed by atoms with Gasteiger partial charge in [0.1, 0.15) is 0 Å². The third kappa shape index (κ3) is 4.96. The number of rotatable bonds is 7. The molecule has 1 aliphatic rings. The van der Waals surface area contributed by atoms with E-state index in [0.717, 1.165) is 32.7 Å². The molecule has 5 heteroatoms. The molecule has 1 saturated heterocycles. The van der Waals surface area contributed by atoms with Crippen molar-refractivity contribution in [2.45, 2.75) is 12.8 Å². The van der Waals surface area contributed by atoms with Crippen LogP contribution in [-0.4, -0.2) is 43.9 Å². The minimum atomic E-state index is -0.0633. The molecule has 0 aliphatic carbocycles. The zero-order valence-electron chi connectivity index (χ0n) is 11.0. The summed E-state index contributed by atoms with van der Waals surface area (Å²) in [5.41, 5.74) is 0.638. The monoisotopic (exact) mass is 264 g/mol. The maximum atomic E-state index is 11.7. The molecule has 1 amide bonds. The van der Waals surface area contributed by atoms with Gasteiger partial charge in [-0.1, -0.05) is 0 Å². The van der Waals surface area contributed by atoms with Crippen LogP contribution in [0, 0.1) is 5.92 Å². The van der Waals surface area contributed by atoms with Crippen molar-refractivity contribution in [1.29, 1.82) is 0 Å². The summed E-state index contributed by atoms with van der Waals surface area (Å²) in [6, 6.07) is 3.40. The molecule has 1 N–H and O–H groups in total. The van der Waals surface area contributed by atoms with E-state index in [-0.39, 0.29) is 5.91 Å². The summed E-state index contributed by atoms with van der Waals surface area (Å²) in [4.78, 5) is 15.6. The van der Waals surface area contributed by atoms with Gasteiger partial charge in [0, 0.05) is 43.6 Å². The zero-order valence-corrected chi connectivity index (χ0v) is 11.0. The summed E-state index contributed by atoms with van der Waals surface area (Å²) in [7, 11) is 0. The van der Waals surface area contributed by atoms with Crippen LogP contribution in [0.5, 0.6) is 0 Å². The number of hydrogen-bond acceptors (Lipinski definition) is 4. The first-order chi connectivity index (χ1) is 9.36. The van der Waals surface area contributed by atoms with Gasteiger partial charge in [0.15, 0.2) is 0 Å². The van der Waals surface area contributed by atoms with Gasteiger partial charge in [-0.2, -0.15) is 0 Å². The maximum absolute atomic E-state index is 11.7. The second-order valence-electron chi connectivity index (χ2n) is 4.65. The highest BCUT2D eigenvalue weighted by Gasteiger charge is 2.15. The van der Waals surface area contributed by atoms with Crippen LogP contribution in [-0.2, 0) is 9.47 Å². The van der Waals surface area contributed by atoms with Crippen molar-refractivity contribution < 1.29 is 14.3 Å². The molecule has 0 spiro atoms. The van der Waals surface area contributed by atoms with Crippen LogP contribution in [0.3, 0.4) is 0 Å². The summed E-state index contributed by atoms with van der Waals surface area (Å²) in [5.74, 6) is 0.484. The Labute approximate surface area is 113 Å². The molecule has 1 atom stereocenters. The van der Waals surface area contributed by atoms with Crippen molar-refractivity contribution in [2.75, 3.05) is 33.0 Å². The standard InChI is InChI=1S/C14H20N2O3/c17-14(13-2-6-15-7-3-13)16-5-1-8-18-10-12-4-9-19-11-12/h2-3,6-7,12H,1,4-5,8-11H2,(H,16,17)/t12-/m1/s1. The third-order valence-electron chi connectivity index (χ3n) is 3.07. The number of pyridine rings is 1. The number of aromatic nitrogens is 1. The lowest BCUT2D eigenvalue weighted by molar-refractivity contribution is 0.0853. The lowest BCUT2D eigenvalue weighted by Gasteiger charge is -2.09. The normalized spacial score (nSPS) is 18.4. The van der Waals surface area contributed by atoms with E-state index < -0.39 is 0 Å². The molecule has 5 nitrogen and oxygen atoms in total. The predicted molar refractivity (Wildman–Crippen MR) is 70.9 cm³/mol. The molecule has 1 fully saturated rings. The van der Waals surface area contributed by atoms with Crippen molar-refractivity contribution in [3.8, 4) is 0 Å². The van der Waals surface area contributed by atoms with Gasteiger partial charge in [-0.25, -0.2) is 0 Å². The minimum Gasteiger partial charge on any atom is -0.381 e. The fourth-order valence-corrected chi connectivity index (χ4v) is 1.95. The molecule has 1 aliphatic heterocycles. The van der Waals surface area contributed by atoms with Crippen LogP contribution in [0.25, 0.3) is 0 Å². The Morgan fingerprint density at radius 1 is 1.47 bits per heavy atom. The highest BCUT2D eigenvalue weighted by molar-refractivity contribution is 5.93. The Hall–Kier alpha value is -1.46. The van der Waals surface area contributed by atoms with E-state index in [9.17, 15) is 4.79 Å². The number of nitrogens with zero attached hydrogens (tertiary/aromatic N) is 1. The van der Waals surface area contributed by atoms with Crippen LogP contribution >= 0.6 is 0 Å². The number of carbonyl (C=O) groups is 1. The number of hydrogen-bond donors (Lipinski definition) is 1. The number of carbonyl (C=O) groups excluding carboxylic acids is 1. The highest BCUT2D eigenvalue weighted by atomic mass is 16.5. The van der Waals surface area contributed by atoms with E-state index in [1.54, 1.807) is 24.5 Å². The van der Waals surface area contributed by atoms with Gasteiger partial charge < -0.3 is 14.8 Å². The fourth-order valence-electron chi connectivity index (χ4n) is 1.95. The summed E-state index contributed by atoms with van der Waals surface area (Å²) < 4.78 is 10.8. The lowest BCUT2D eigenvalue weighted by Crippen LogP contribution is -2.25. The molecule has 19 heavy (non-hydrogen) atoms. The maximum Gasteiger partial charge on any atom is 0.251 e. The van der Waals surface area contributed by atoms with Crippen molar-refractivity contribution >= 4 is 5.91 Å². The fraction of sp³-hybridized carbons (Fsp3) is 0.571. The average Bonchev–Trinajstić information content (AvgIpc) is 2.96. The third-order valence-corrected chi connectivity index (χ3v) is 3.07. The van der Waals surface area contributed by atoms with Gasteiger partial charge in [0.2, 0.25) is 0 Å². The molecular weight excluding hydrogens is 244 g/mol. The van der Waals surface area contributed by atoms with Crippen molar-refractivity contribution in [2.24, 2.45) is 5.92 Å². The minimum absolute atomic E-state index is 0.0633. The molecule has 0 bridgehead atoms. The van der Waals surface area contributed by atoms with E-state index in [4.69, 9.17) is 9.47 Å². The molecule has 1 aromatic rings. The van der Waals surface area contributed by atoms with Gasteiger partial charge in [-0.3, -0.25) is 9.78 Å². The summed E-state index contributed by atoms with van der Waals surface area (Å²) >= 11 is 0. The molecule has 0 aromatic carbocycles. The van der Waals surface area contributed by atoms with E-state index >= 15 is 0 Å². The van der Waals surface area contributed by atoms with Crippen LogP contribution in [0.1, 0.15) is 23.2 Å². The molecule has 0 saturated carbocycles. The van der Waals surface area contributed by atoms with E-state index in [2.05, 4.69) is 10.3 Å². The molecule has 0 radical (unpaired) electrons. The summed E-state index contributed by atoms with van der Waals surface area (Å²) in [5, 5.41) is 2.86. The van der Waals surface area contributed by atoms with Crippen LogP contribution < -0.4 is 5.32 Å². The largest absolute Gasteiger partial charge is 0.381 e. The van der Waals surface area contributed by atoms with Gasteiger partial charge in [-0.05, 0) is 25.0 Å². The molecule has 1 aromatic heterocycles. The van der Waals surface area contributed by atoms with Crippen molar-refractivity contribution in [1.82, 2.24) is 10.3 Å². The Morgan fingerprint density at radius 3 is 3.05 bits per heavy atom. The first-order valence-electron chi connectivity index (χ1n) is 6.70. The molecular formula is C14H20N2O3. The second kappa shape index (κ2) is 7.86. The molecule has 2 rings (SSSR count). The SMILES string of the molecule is O=C(NCCCOC[C@H]1CCOC1)c1ccncc1. The molecule has 104 valence electrons. The van der Waals surface area contributed by atoms with Gasteiger partial charge in [0.25, 0.3) is 5.91 Å². The number of nitrogens with one attached hydrogen (secondary N) is 1.